The summed E-state index contributed by atoms with van der Waals surface area (Å²) in [6, 6.07) is 11.3. The number of hydrogen-bond donors (Lipinski definition) is 1. The number of rotatable bonds is 3. The van der Waals surface area contributed by atoms with E-state index in [4.69, 9.17) is 0 Å². The molecule has 2 aromatic rings. The van der Waals surface area contributed by atoms with Gasteiger partial charge < -0.3 is 5.32 Å². The summed E-state index contributed by atoms with van der Waals surface area (Å²) in [5.41, 5.74) is 2.50. The Bertz CT molecular complexity index is 670. The van der Waals surface area contributed by atoms with Gasteiger partial charge in [0.2, 0.25) is 0 Å². The molecule has 0 aliphatic carbocycles. The third kappa shape index (κ3) is 2.76. The highest BCUT2D eigenvalue weighted by atomic mass is 16.2. The molecule has 0 bridgehead atoms. The number of benzene rings is 1. The fraction of sp³-hybridized carbons (Fsp3) is 0.188. The van der Waals surface area contributed by atoms with Crippen LogP contribution in [0, 0.1) is 0 Å². The monoisotopic (exact) mass is 281 g/mol. The van der Waals surface area contributed by atoms with Crippen LogP contribution in [0.2, 0.25) is 0 Å². The Labute approximate surface area is 122 Å². The number of imide groups is 1. The van der Waals surface area contributed by atoms with Gasteiger partial charge in [0.05, 0.1) is 12.1 Å². The number of hydrogen-bond acceptors (Lipinski definition) is 3. The minimum Gasteiger partial charge on any atom is -0.337 e. The third-order valence-electron chi connectivity index (χ3n) is 3.49. The summed E-state index contributed by atoms with van der Waals surface area (Å²) in [5.74, 6) is -0.282. The third-order valence-corrected chi connectivity index (χ3v) is 3.49. The van der Waals surface area contributed by atoms with Crippen LogP contribution >= 0.6 is 0 Å². The molecule has 21 heavy (non-hydrogen) atoms. The zero-order chi connectivity index (χ0) is 14.7. The maximum absolute atomic E-state index is 12.1. The lowest BCUT2D eigenvalue weighted by atomic mass is 10.1. The molecule has 1 aliphatic heterocycles. The van der Waals surface area contributed by atoms with E-state index in [2.05, 4.69) is 10.3 Å². The molecule has 0 saturated heterocycles. The fourth-order valence-electron chi connectivity index (χ4n) is 2.36. The SMILES string of the molecule is O=C(NCCc1ccccc1)N1Cc2ccncc2C1=O. The van der Waals surface area contributed by atoms with E-state index in [0.717, 1.165) is 17.5 Å². The highest BCUT2D eigenvalue weighted by Crippen LogP contribution is 2.21. The molecule has 106 valence electrons. The summed E-state index contributed by atoms with van der Waals surface area (Å²) in [7, 11) is 0. The second-order valence-corrected chi connectivity index (χ2v) is 4.89. The molecule has 0 spiro atoms. The molecule has 5 nitrogen and oxygen atoms in total. The van der Waals surface area contributed by atoms with Gasteiger partial charge in [-0.15, -0.1) is 0 Å². The summed E-state index contributed by atoms with van der Waals surface area (Å²) in [4.78, 5) is 29.3. The smallest absolute Gasteiger partial charge is 0.324 e. The van der Waals surface area contributed by atoms with Crippen LogP contribution in [0.15, 0.2) is 48.8 Å². The van der Waals surface area contributed by atoms with Crippen molar-refractivity contribution < 1.29 is 9.59 Å². The van der Waals surface area contributed by atoms with Gasteiger partial charge >= 0.3 is 6.03 Å². The van der Waals surface area contributed by atoms with Crippen molar-refractivity contribution in [1.82, 2.24) is 15.2 Å². The van der Waals surface area contributed by atoms with Gasteiger partial charge in [-0.1, -0.05) is 30.3 Å². The molecule has 0 fully saturated rings. The first kappa shape index (κ1) is 13.3. The number of carbonyl (C=O) groups excluding carboxylic acids is 2. The Morgan fingerprint density at radius 2 is 2.05 bits per heavy atom. The lowest BCUT2D eigenvalue weighted by Crippen LogP contribution is -2.40. The van der Waals surface area contributed by atoms with Gasteiger partial charge in [0.1, 0.15) is 0 Å². The van der Waals surface area contributed by atoms with E-state index in [0.29, 0.717) is 18.7 Å². The van der Waals surface area contributed by atoms with Crippen molar-refractivity contribution in [1.29, 1.82) is 0 Å². The average Bonchev–Trinajstić information content (AvgIpc) is 2.86. The Morgan fingerprint density at radius 1 is 1.24 bits per heavy atom. The molecule has 2 heterocycles. The van der Waals surface area contributed by atoms with Gasteiger partial charge in [-0.25, -0.2) is 4.79 Å². The van der Waals surface area contributed by atoms with E-state index in [1.807, 2.05) is 30.3 Å². The normalized spacial score (nSPS) is 13.1. The van der Waals surface area contributed by atoms with Gasteiger partial charge in [0.15, 0.2) is 0 Å². The van der Waals surface area contributed by atoms with Crippen LogP contribution < -0.4 is 5.32 Å². The van der Waals surface area contributed by atoms with Crippen LogP contribution in [0.3, 0.4) is 0 Å². The maximum atomic E-state index is 12.1. The summed E-state index contributed by atoms with van der Waals surface area (Å²) >= 11 is 0. The average molecular weight is 281 g/mol. The van der Waals surface area contributed by atoms with E-state index in [-0.39, 0.29) is 11.9 Å². The van der Waals surface area contributed by atoms with E-state index in [1.54, 1.807) is 12.3 Å². The highest BCUT2D eigenvalue weighted by Gasteiger charge is 2.31. The molecule has 3 rings (SSSR count). The zero-order valence-corrected chi connectivity index (χ0v) is 11.5. The van der Waals surface area contributed by atoms with Crippen LogP contribution in [0.25, 0.3) is 0 Å². The van der Waals surface area contributed by atoms with Crippen molar-refractivity contribution in [3.8, 4) is 0 Å². The second kappa shape index (κ2) is 5.75. The van der Waals surface area contributed by atoms with Gasteiger partial charge in [0.25, 0.3) is 5.91 Å². The predicted octanol–water partition coefficient (Wildman–Crippen LogP) is 1.99. The summed E-state index contributed by atoms with van der Waals surface area (Å²) < 4.78 is 0. The predicted molar refractivity (Wildman–Crippen MR) is 77.7 cm³/mol. The topological polar surface area (TPSA) is 62.3 Å². The van der Waals surface area contributed by atoms with Crippen molar-refractivity contribution in [2.75, 3.05) is 6.54 Å². The van der Waals surface area contributed by atoms with E-state index in [9.17, 15) is 9.59 Å². The first-order valence-corrected chi connectivity index (χ1v) is 6.82. The molecule has 1 aromatic heterocycles. The van der Waals surface area contributed by atoms with Crippen molar-refractivity contribution in [3.63, 3.8) is 0 Å². The summed E-state index contributed by atoms with van der Waals surface area (Å²) in [5, 5.41) is 2.78. The number of amides is 3. The highest BCUT2D eigenvalue weighted by molar-refractivity contribution is 6.07. The number of fused-ring (bicyclic) bond motifs is 1. The van der Waals surface area contributed by atoms with Crippen LogP contribution in [0.1, 0.15) is 21.5 Å². The lowest BCUT2D eigenvalue weighted by molar-refractivity contribution is 0.0821. The number of aromatic nitrogens is 1. The first-order chi connectivity index (χ1) is 10.3. The van der Waals surface area contributed by atoms with Gasteiger partial charge in [0, 0.05) is 18.9 Å². The molecule has 0 atom stereocenters. The maximum Gasteiger partial charge on any atom is 0.324 e. The molecule has 1 aliphatic rings. The van der Waals surface area contributed by atoms with Crippen LogP contribution in [0.4, 0.5) is 4.79 Å². The Hall–Kier alpha value is -2.69. The molecule has 0 radical (unpaired) electrons. The number of carbonyl (C=O) groups is 2. The van der Waals surface area contributed by atoms with Crippen molar-refractivity contribution >= 4 is 11.9 Å². The van der Waals surface area contributed by atoms with Gasteiger partial charge in [-0.05, 0) is 23.6 Å². The molecule has 1 N–H and O–H groups in total. The van der Waals surface area contributed by atoms with E-state index < -0.39 is 0 Å². The second-order valence-electron chi connectivity index (χ2n) is 4.89. The molecule has 5 heteroatoms. The largest absolute Gasteiger partial charge is 0.337 e. The fourth-order valence-corrected chi connectivity index (χ4v) is 2.36. The number of nitrogens with one attached hydrogen (secondary N) is 1. The minimum atomic E-state index is -0.355. The Balaban J connectivity index is 1.57. The molecule has 0 saturated carbocycles. The number of pyridine rings is 1. The molecule has 1 aromatic carbocycles. The van der Waals surface area contributed by atoms with Gasteiger partial charge in [-0.3, -0.25) is 14.7 Å². The number of urea groups is 1. The summed E-state index contributed by atoms with van der Waals surface area (Å²) in [6.07, 6.45) is 3.88. The zero-order valence-electron chi connectivity index (χ0n) is 11.5. The van der Waals surface area contributed by atoms with E-state index >= 15 is 0 Å². The van der Waals surface area contributed by atoms with Crippen molar-refractivity contribution in [2.24, 2.45) is 0 Å². The molecule has 0 unspecified atom stereocenters. The molecular formula is C16H15N3O2. The lowest BCUT2D eigenvalue weighted by Gasteiger charge is -2.14. The minimum absolute atomic E-state index is 0.282. The van der Waals surface area contributed by atoms with Crippen LogP contribution in [0.5, 0.6) is 0 Å². The Kier molecular flexibility index (Phi) is 3.64. The van der Waals surface area contributed by atoms with Crippen molar-refractivity contribution in [2.45, 2.75) is 13.0 Å². The standard InChI is InChI=1S/C16H15N3O2/c20-15-14-10-17-8-7-13(14)11-19(15)16(21)18-9-6-12-4-2-1-3-5-12/h1-5,7-8,10H,6,9,11H2,(H,18,21). The molecular weight excluding hydrogens is 266 g/mol. The number of nitrogens with zero attached hydrogens (tertiary/aromatic N) is 2. The first-order valence-electron chi connectivity index (χ1n) is 6.82. The van der Waals surface area contributed by atoms with Gasteiger partial charge in [-0.2, -0.15) is 0 Å². The van der Waals surface area contributed by atoms with Crippen molar-refractivity contribution in [3.05, 3.63) is 65.5 Å². The van der Waals surface area contributed by atoms with Crippen LogP contribution in [-0.4, -0.2) is 28.4 Å². The van der Waals surface area contributed by atoms with E-state index in [1.165, 1.54) is 11.1 Å². The summed E-state index contributed by atoms with van der Waals surface area (Å²) in [6.45, 7) is 0.815. The Morgan fingerprint density at radius 3 is 2.81 bits per heavy atom. The van der Waals surface area contributed by atoms with Crippen LogP contribution in [-0.2, 0) is 13.0 Å². The quantitative estimate of drug-likeness (QED) is 0.936. The molecule has 3 amide bonds.